The van der Waals surface area contributed by atoms with Gasteiger partial charge in [0.2, 0.25) is 0 Å². The van der Waals surface area contributed by atoms with Crippen LogP contribution in [-0.4, -0.2) is 24.6 Å². The third kappa shape index (κ3) is 3.67. The van der Waals surface area contributed by atoms with E-state index in [1.807, 2.05) is 13.8 Å². The number of aryl methyl sites for hydroxylation is 2. The summed E-state index contributed by atoms with van der Waals surface area (Å²) in [6.07, 6.45) is 0.0693. The lowest BCUT2D eigenvalue weighted by Gasteiger charge is -2.19. The monoisotopic (exact) mass is 437 g/mol. The topological polar surface area (TPSA) is 94.2 Å². The largest absolute Gasteiger partial charge is 0.481 e. The van der Waals surface area contributed by atoms with E-state index >= 15 is 0 Å². The van der Waals surface area contributed by atoms with Crippen molar-refractivity contribution in [2.24, 2.45) is 0 Å². The summed E-state index contributed by atoms with van der Waals surface area (Å²) in [7, 11) is 0. The van der Waals surface area contributed by atoms with Crippen molar-refractivity contribution in [1.82, 2.24) is 13.5 Å². The number of hydrogen-bond acceptors (Lipinski definition) is 5. The van der Waals surface area contributed by atoms with E-state index in [2.05, 4.69) is 16.5 Å². The fraction of sp³-hybridized carbons (Fsp3) is 0.304. The molecule has 0 amide bonds. The number of nitrogens with zero attached hydrogens (tertiary/aromatic N) is 3. The second-order valence-corrected chi connectivity index (χ2v) is 8.61. The lowest BCUT2D eigenvalue weighted by molar-refractivity contribution is -0.138. The summed E-state index contributed by atoms with van der Waals surface area (Å²) in [4.78, 5) is 38.0. The summed E-state index contributed by atoms with van der Waals surface area (Å²) in [6.45, 7) is 6.04. The fourth-order valence-corrected chi connectivity index (χ4v) is 5.18. The average molecular weight is 438 g/mol. The number of aliphatic carboxylic acids is 1. The Labute approximate surface area is 182 Å². The van der Waals surface area contributed by atoms with Gasteiger partial charge in [0.1, 0.15) is 0 Å². The minimum absolute atomic E-state index is 0.201. The first-order valence-electron chi connectivity index (χ1n) is 10.1. The highest BCUT2D eigenvalue weighted by Crippen LogP contribution is 2.28. The third-order valence-electron chi connectivity index (χ3n) is 5.62. The summed E-state index contributed by atoms with van der Waals surface area (Å²) in [5.74, 6) is -1.05. The predicted octanol–water partition coefficient (Wildman–Crippen LogP) is 3.86. The van der Waals surface area contributed by atoms with Crippen LogP contribution in [0, 0.1) is 13.8 Å². The highest BCUT2D eigenvalue weighted by molar-refractivity contribution is 7.13. The zero-order valence-corrected chi connectivity index (χ0v) is 18.4. The smallest absolute Gasteiger partial charge is 0.332 e. The summed E-state index contributed by atoms with van der Waals surface area (Å²) in [6, 6.07) is 10.4. The molecule has 0 saturated heterocycles. The minimum Gasteiger partial charge on any atom is -0.481 e. The molecule has 0 spiro atoms. The van der Waals surface area contributed by atoms with Gasteiger partial charge in [-0.2, -0.15) is 4.37 Å². The Hall–Kier alpha value is -3.26. The van der Waals surface area contributed by atoms with Crippen LogP contribution in [0.1, 0.15) is 42.6 Å². The van der Waals surface area contributed by atoms with E-state index in [9.17, 15) is 19.5 Å². The molecule has 0 aliphatic heterocycles. The quantitative estimate of drug-likeness (QED) is 0.494. The summed E-state index contributed by atoms with van der Waals surface area (Å²) in [5, 5.41) is 10.7. The van der Waals surface area contributed by atoms with Crippen LogP contribution in [0.15, 0.2) is 46.0 Å². The van der Waals surface area contributed by atoms with Crippen LogP contribution in [0.4, 0.5) is 0 Å². The molecule has 1 N–H and O–H groups in total. The molecule has 4 rings (SSSR count). The van der Waals surface area contributed by atoms with E-state index in [4.69, 9.17) is 0 Å². The number of hydrogen-bond donors (Lipinski definition) is 1. The Balaban J connectivity index is 1.97. The van der Waals surface area contributed by atoms with Crippen molar-refractivity contribution in [2.75, 3.05) is 0 Å². The Morgan fingerprint density at radius 2 is 1.94 bits per heavy atom. The van der Waals surface area contributed by atoms with Crippen molar-refractivity contribution in [3.05, 3.63) is 74.1 Å². The molecule has 0 aliphatic rings. The first-order valence-corrected chi connectivity index (χ1v) is 10.9. The molecule has 1 atom stereocenters. The van der Waals surface area contributed by atoms with Gasteiger partial charge in [0.25, 0.3) is 5.56 Å². The van der Waals surface area contributed by atoms with Crippen molar-refractivity contribution in [3.63, 3.8) is 0 Å². The van der Waals surface area contributed by atoms with Crippen LogP contribution in [0.5, 0.6) is 0 Å². The summed E-state index contributed by atoms with van der Waals surface area (Å²) in [5.41, 5.74) is 2.55. The van der Waals surface area contributed by atoms with Gasteiger partial charge in [-0.15, -0.1) is 0 Å². The number of carboxylic acid groups (broad SMARTS) is 1. The number of carbonyl (C=O) groups is 1. The molecule has 2 aromatic carbocycles. The molecule has 7 nitrogen and oxygen atoms in total. The molecule has 31 heavy (non-hydrogen) atoms. The van der Waals surface area contributed by atoms with Gasteiger partial charge in [0.15, 0.2) is 0 Å². The fourth-order valence-electron chi connectivity index (χ4n) is 4.21. The molecule has 0 fully saturated rings. The van der Waals surface area contributed by atoms with E-state index in [0.717, 1.165) is 31.5 Å². The maximum absolute atomic E-state index is 13.5. The second kappa shape index (κ2) is 8.11. The van der Waals surface area contributed by atoms with Gasteiger partial charge < -0.3 is 5.11 Å². The molecule has 8 heteroatoms. The van der Waals surface area contributed by atoms with Crippen LogP contribution in [0.3, 0.4) is 0 Å². The highest BCUT2D eigenvalue weighted by atomic mass is 32.1. The van der Waals surface area contributed by atoms with Gasteiger partial charge >= 0.3 is 11.7 Å². The number of rotatable bonds is 6. The van der Waals surface area contributed by atoms with Gasteiger partial charge in [0, 0.05) is 5.39 Å². The van der Waals surface area contributed by atoms with Crippen molar-refractivity contribution >= 4 is 38.5 Å². The van der Waals surface area contributed by atoms with Crippen LogP contribution in [0.25, 0.3) is 21.0 Å². The lowest BCUT2D eigenvalue weighted by atomic mass is 10.1. The average Bonchev–Trinajstić information content (AvgIpc) is 3.12. The SMILES string of the molecule is CC[C@@H](CC(=O)O)n1c(=O)c2ccccc2n(Cc2nsc3cc(C)cc(C)c23)c1=O. The molecule has 0 aliphatic carbocycles. The van der Waals surface area contributed by atoms with Gasteiger partial charge in [-0.1, -0.05) is 25.1 Å². The third-order valence-corrected chi connectivity index (χ3v) is 6.45. The Kier molecular flexibility index (Phi) is 5.49. The molecule has 0 bridgehead atoms. The Morgan fingerprint density at radius 3 is 2.65 bits per heavy atom. The molecule has 0 unspecified atom stereocenters. The maximum atomic E-state index is 13.5. The summed E-state index contributed by atoms with van der Waals surface area (Å²) < 4.78 is 8.29. The van der Waals surface area contributed by atoms with Crippen LogP contribution >= 0.6 is 11.5 Å². The molecule has 4 aromatic rings. The van der Waals surface area contributed by atoms with Crippen molar-refractivity contribution < 1.29 is 9.90 Å². The van der Waals surface area contributed by atoms with E-state index in [0.29, 0.717) is 17.3 Å². The molecular weight excluding hydrogens is 414 g/mol. The van der Waals surface area contributed by atoms with Gasteiger partial charge in [-0.3, -0.25) is 18.7 Å². The molecule has 0 radical (unpaired) electrons. The molecule has 2 heterocycles. The Bertz CT molecular complexity index is 1430. The number of fused-ring (bicyclic) bond motifs is 2. The molecular formula is C23H23N3O4S. The van der Waals surface area contributed by atoms with Crippen molar-refractivity contribution in [1.29, 1.82) is 0 Å². The number of benzene rings is 2. The minimum atomic E-state index is -1.05. The second-order valence-electron chi connectivity index (χ2n) is 7.81. The lowest BCUT2D eigenvalue weighted by Crippen LogP contribution is -2.43. The molecule has 0 saturated carbocycles. The van der Waals surface area contributed by atoms with Gasteiger partial charge in [-0.05, 0) is 61.1 Å². The first-order chi connectivity index (χ1) is 14.8. The number of aromatic nitrogens is 3. The van der Waals surface area contributed by atoms with Gasteiger partial charge in [-0.25, -0.2) is 4.79 Å². The van der Waals surface area contributed by atoms with Crippen LogP contribution in [-0.2, 0) is 11.3 Å². The number of para-hydroxylation sites is 1. The van der Waals surface area contributed by atoms with Crippen LogP contribution in [0.2, 0.25) is 0 Å². The zero-order valence-electron chi connectivity index (χ0n) is 17.6. The maximum Gasteiger partial charge on any atom is 0.332 e. The zero-order chi connectivity index (χ0) is 22.3. The van der Waals surface area contributed by atoms with Crippen molar-refractivity contribution in [2.45, 2.75) is 46.2 Å². The van der Waals surface area contributed by atoms with E-state index < -0.39 is 23.3 Å². The summed E-state index contributed by atoms with van der Waals surface area (Å²) >= 11 is 1.39. The first kappa shape index (κ1) is 21.0. The van der Waals surface area contributed by atoms with E-state index in [1.165, 1.54) is 16.1 Å². The van der Waals surface area contributed by atoms with Crippen LogP contribution < -0.4 is 11.2 Å². The highest BCUT2D eigenvalue weighted by Gasteiger charge is 2.22. The Morgan fingerprint density at radius 1 is 1.19 bits per heavy atom. The normalized spacial score (nSPS) is 12.5. The van der Waals surface area contributed by atoms with E-state index in [1.54, 1.807) is 31.2 Å². The van der Waals surface area contributed by atoms with E-state index in [-0.39, 0.29) is 13.0 Å². The van der Waals surface area contributed by atoms with Gasteiger partial charge in [0.05, 0.1) is 40.3 Å². The predicted molar refractivity (Wildman–Crippen MR) is 122 cm³/mol. The molecule has 2 aromatic heterocycles. The van der Waals surface area contributed by atoms with Crippen molar-refractivity contribution in [3.8, 4) is 0 Å². The molecule has 160 valence electrons. The standard InChI is InChI=1S/C23H23N3O4S/c1-4-15(11-20(27)28)26-22(29)16-7-5-6-8-18(16)25(23(26)30)12-17-21-14(3)9-13(2)10-19(21)31-24-17/h5-10,15H,4,11-12H2,1-3H3,(H,27,28)/t15-/m0/s1. The number of carboxylic acids is 1.